The number of rotatable bonds is 5. The van der Waals surface area contributed by atoms with Crippen LogP contribution in [0.15, 0.2) is 42.5 Å². The lowest BCUT2D eigenvalue weighted by Crippen LogP contribution is -1.97. The molecule has 3 rings (SSSR count). The van der Waals surface area contributed by atoms with Gasteiger partial charge in [-0.2, -0.15) is 5.10 Å². The Morgan fingerprint density at radius 1 is 1.00 bits per heavy atom. The monoisotopic (exact) mass is 282 g/mol. The fraction of sp³-hybridized carbons (Fsp3) is 0.235. The minimum absolute atomic E-state index is 0.602. The first-order valence-electron chi connectivity index (χ1n) is 7.16. The van der Waals surface area contributed by atoms with Crippen LogP contribution in [-0.2, 0) is 0 Å². The number of nitrogens with zero attached hydrogens (tertiary/aromatic N) is 1. The Morgan fingerprint density at radius 2 is 1.81 bits per heavy atom. The van der Waals surface area contributed by atoms with Crippen molar-refractivity contribution < 1.29 is 9.47 Å². The predicted octanol–water partition coefficient (Wildman–Crippen LogP) is 4.03. The molecule has 0 unspecified atom stereocenters. The van der Waals surface area contributed by atoms with Crippen LogP contribution in [0.25, 0.3) is 22.2 Å². The molecule has 0 saturated heterocycles. The van der Waals surface area contributed by atoms with Gasteiger partial charge in [0.2, 0.25) is 0 Å². The molecule has 2 aromatic carbocycles. The van der Waals surface area contributed by atoms with E-state index in [1.807, 2.05) is 50.2 Å². The number of aromatic amines is 1. The normalized spacial score (nSPS) is 10.8. The van der Waals surface area contributed by atoms with Gasteiger partial charge < -0.3 is 9.47 Å². The third-order valence-electron chi connectivity index (χ3n) is 3.29. The largest absolute Gasteiger partial charge is 0.494 e. The maximum atomic E-state index is 5.76. The quantitative estimate of drug-likeness (QED) is 0.768. The maximum absolute atomic E-state index is 5.76. The number of hydrogen-bond acceptors (Lipinski definition) is 3. The van der Waals surface area contributed by atoms with E-state index in [9.17, 15) is 0 Å². The summed E-state index contributed by atoms with van der Waals surface area (Å²) in [7, 11) is 0. The fourth-order valence-corrected chi connectivity index (χ4v) is 2.40. The molecular weight excluding hydrogens is 264 g/mol. The van der Waals surface area contributed by atoms with Crippen molar-refractivity contribution in [2.45, 2.75) is 13.8 Å². The van der Waals surface area contributed by atoms with Crippen LogP contribution < -0.4 is 9.47 Å². The molecule has 4 nitrogen and oxygen atoms in total. The molecule has 0 fully saturated rings. The second kappa shape index (κ2) is 5.87. The maximum Gasteiger partial charge on any atom is 0.132 e. The Hall–Kier alpha value is -2.49. The lowest BCUT2D eigenvalue weighted by atomic mass is 10.1. The summed E-state index contributed by atoms with van der Waals surface area (Å²) in [4.78, 5) is 0. The molecule has 0 aliphatic heterocycles. The van der Waals surface area contributed by atoms with Crippen molar-refractivity contribution >= 4 is 10.9 Å². The van der Waals surface area contributed by atoms with E-state index < -0.39 is 0 Å². The Morgan fingerprint density at radius 3 is 2.62 bits per heavy atom. The summed E-state index contributed by atoms with van der Waals surface area (Å²) in [6, 6.07) is 13.9. The third kappa shape index (κ3) is 2.57. The van der Waals surface area contributed by atoms with E-state index in [2.05, 4.69) is 16.3 Å². The first-order valence-corrected chi connectivity index (χ1v) is 7.16. The molecular formula is C17H18N2O2. The summed E-state index contributed by atoms with van der Waals surface area (Å²) in [6.07, 6.45) is 0. The van der Waals surface area contributed by atoms with Crippen molar-refractivity contribution in [3.63, 3.8) is 0 Å². The zero-order valence-electron chi connectivity index (χ0n) is 12.2. The molecule has 108 valence electrons. The Labute approximate surface area is 123 Å². The molecule has 1 aromatic heterocycles. The van der Waals surface area contributed by atoms with Gasteiger partial charge in [-0.3, -0.25) is 5.10 Å². The van der Waals surface area contributed by atoms with Gasteiger partial charge >= 0.3 is 0 Å². The lowest BCUT2D eigenvalue weighted by Gasteiger charge is -2.11. The number of benzene rings is 2. The number of fused-ring (bicyclic) bond motifs is 1. The summed E-state index contributed by atoms with van der Waals surface area (Å²) in [6.45, 7) is 5.18. The number of nitrogens with one attached hydrogen (secondary N) is 1. The fourth-order valence-electron chi connectivity index (χ4n) is 2.40. The molecule has 4 heteroatoms. The molecule has 0 aliphatic carbocycles. The molecule has 1 N–H and O–H groups in total. The van der Waals surface area contributed by atoms with E-state index in [-0.39, 0.29) is 0 Å². The lowest BCUT2D eigenvalue weighted by molar-refractivity contribution is 0.324. The number of aromatic nitrogens is 2. The molecule has 0 spiro atoms. The van der Waals surface area contributed by atoms with Gasteiger partial charge in [-0.05, 0) is 32.0 Å². The van der Waals surface area contributed by atoms with Gasteiger partial charge in [-0.1, -0.05) is 18.2 Å². The smallest absolute Gasteiger partial charge is 0.132 e. The highest BCUT2D eigenvalue weighted by Crippen LogP contribution is 2.35. The van der Waals surface area contributed by atoms with E-state index in [0.29, 0.717) is 13.2 Å². The van der Waals surface area contributed by atoms with E-state index >= 15 is 0 Å². The second-order valence-corrected chi connectivity index (χ2v) is 4.64. The molecule has 0 saturated carbocycles. The van der Waals surface area contributed by atoms with Crippen molar-refractivity contribution in [3.8, 4) is 22.8 Å². The zero-order chi connectivity index (χ0) is 14.7. The van der Waals surface area contributed by atoms with Crippen LogP contribution in [-0.4, -0.2) is 23.4 Å². The van der Waals surface area contributed by atoms with E-state index in [4.69, 9.17) is 9.47 Å². The van der Waals surface area contributed by atoms with Crippen molar-refractivity contribution in [1.82, 2.24) is 10.2 Å². The van der Waals surface area contributed by atoms with Gasteiger partial charge in [-0.25, -0.2) is 0 Å². The second-order valence-electron chi connectivity index (χ2n) is 4.64. The minimum atomic E-state index is 0.602. The molecule has 0 radical (unpaired) electrons. The van der Waals surface area contributed by atoms with Gasteiger partial charge in [0.1, 0.15) is 17.2 Å². The summed E-state index contributed by atoms with van der Waals surface area (Å²) in [5, 5.41) is 8.58. The van der Waals surface area contributed by atoms with Gasteiger partial charge in [0.05, 0.1) is 18.7 Å². The molecule has 0 aliphatic rings. The van der Waals surface area contributed by atoms with E-state index in [1.54, 1.807) is 0 Å². The third-order valence-corrected chi connectivity index (χ3v) is 3.29. The van der Waals surface area contributed by atoms with Crippen LogP contribution in [0.4, 0.5) is 0 Å². The first kappa shape index (κ1) is 13.5. The molecule has 21 heavy (non-hydrogen) atoms. The van der Waals surface area contributed by atoms with E-state index in [0.717, 1.165) is 33.7 Å². The average Bonchev–Trinajstić information content (AvgIpc) is 2.92. The van der Waals surface area contributed by atoms with Gasteiger partial charge in [-0.15, -0.1) is 0 Å². The number of para-hydroxylation sites is 1. The first-order chi connectivity index (χ1) is 10.3. The van der Waals surface area contributed by atoms with Crippen LogP contribution >= 0.6 is 0 Å². The Balaban J connectivity index is 2.12. The molecule has 0 amide bonds. The highest BCUT2D eigenvalue weighted by Gasteiger charge is 2.13. The van der Waals surface area contributed by atoms with Gasteiger partial charge in [0, 0.05) is 17.0 Å². The summed E-state index contributed by atoms with van der Waals surface area (Å²) in [5.41, 5.74) is 2.89. The summed E-state index contributed by atoms with van der Waals surface area (Å²) < 4.78 is 11.3. The van der Waals surface area contributed by atoms with Crippen LogP contribution in [0.5, 0.6) is 11.5 Å². The average molecular weight is 282 g/mol. The number of hydrogen-bond donors (Lipinski definition) is 1. The topological polar surface area (TPSA) is 47.1 Å². The Bertz CT molecular complexity index is 749. The molecule has 3 aromatic rings. The van der Waals surface area contributed by atoms with Crippen molar-refractivity contribution in [2.75, 3.05) is 13.2 Å². The molecule has 1 heterocycles. The van der Waals surface area contributed by atoms with Gasteiger partial charge in [0.15, 0.2) is 0 Å². The van der Waals surface area contributed by atoms with Crippen LogP contribution in [0.3, 0.4) is 0 Å². The van der Waals surface area contributed by atoms with Crippen molar-refractivity contribution in [1.29, 1.82) is 0 Å². The minimum Gasteiger partial charge on any atom is -0.494 e. The number of H-pyrrole nitrogens is 1. The number of ether oxygens (including phenoxy) is 2. The van der Waals surface area contributed by atoms with Crippen molar-refractivity contribution in [3.05, 3.63) is 42.5 Å². The van der Waals surface area contributed by atoms with Crippen LogP contribution in [0.1, 0.15) is 13.8 Å². The highest BCUT2D eigenvalue weighted by atomic mass is 16.5. The predicted molar refractivity (Wildman–Crippen MR) is 83.9 cm³/mol. The van der Waals surface area contributed by atoms with Crippen LogP contribution in [0.2, 0.25) is 0 Å². The van der Waals surface area contributed by atoms with Crippen LogP contribution in [0, 0.1) is 0 Å². The Kier molecular flexibility index (Phi) is 3.77. The van der Waals surface area contributed by atoms with E-state index in [1.165, 1.54) is 0 Å². The summed E-state index contributed by atoms with van der Waals surface area (Å²) >= 11 is 0. The molecule has 0 atom stereocenters. The summed E-state index contributed by atoms with van der Waals surface area (Å²) in [5.74, 6) is 1.60. The molecule has 0 bridgehead atoms. The SMILES string of the molecule is CCOc1ccc(-c2n[nH]c3ccccc23)c(OCC)c1. The van der Waals surface area contributed by atoms with Crippen molar-refractivity contribution in [2.24, 2.45) is 0 Å². The van der Waals surface area contributed by atoms with Gasteiger partial charge in [0.25, 0.3) is 0 Å². The standard InChI is InChI=1S/C17H18N2O2/c1-3-20-12-9-10-14(16(11-12)21-4-2)17-13-7-5-6-8-15(13)18-19-17/h5-11H,3-4H2,1-2H3,(H,18,19). The zero-order valence-corrected chi connectivity index (χ0v) is 12.2. The highest BCUT2D eigenvalue weighted by molar-refractivity contribution is 5.94.